The molecule has 0 saturated carbocycles. The van der Waals surface area contributed by atoms with Crippen LogP contribution in [0, 0.1) is 0 Å². The molecule has 1 aliphatic heterocycles. The Morgan fingerprint density at radius 1 is 1.48 bits per heavy atom. The fourth-order valence-corrected chi connectivity index (χ4v) is 2.33. The van der Waals surface area contributed by atoms with Gasteiger partial charge >= 0.3 is 6.03 Å². The molecule has 0 aromatic heterocycles. The van der Waals surface area contributed by atoms with E-state index in [-0.39, 0.29) is 0 Å². The summed E-state index contributed by atoms with van der Waals surface area (Å²) in [6.07, 6.45) is 8.09. The quantitative estimate of drug-likeness (QED) is 0.523. The molecule has 0 aliphatic carbocycles. The van der Waals surface area contributed by atoms with Crippen LogP contribution >= 0.6 is 0 Å². The molecule has 1 heterocycles. The Bertz CT molecular complexity index is 472. The molecule has 0 spiro atoms. The Morgan fingerprint density at radius 2 is 2.22 bits per heavy atom. The standard InChI is InChI=1S/C17H29N3O3/c1-5-7-10-15(9-6-2)13-23-12-8-11-20-14(3)18-16(21)19(4)17(20)22/h5,7,10,17,22H,6,8-9,11-13H2,1-4H3/b7-5-,15-10+/t17-/m1/s1. The molecular formula is C17H29N3O3. The largest absolute Gasteiger partial charge is 0.377 e. The average molecular weight is 323 g/mol. The zero-order valence-corrected chi connectivity index (χ0v) is 14.7. The van der Waals surface area contributed by atoms with Gasteiger partial charge in [0.05, 0.1) is 6.61 Å². The molecule has 6 heteroatoms. The minimum Gasteiger partial charge on any atom is -0.377 e. The maximum absolute atomic E-state index is 11.5. The van der Waals surface area contributed by atoms with Crippen LogP contribution in [0.3, 0.4) is 0 Å². The third kappa shape index (κ3) is 6.15. The number of nitrogens with zero attached hydrogens (tertiary/aromatic N) is 3. The zero-order valence-electron chi connectivity index (χ0n) is 14.7. The van der Waals surface area contributed by atoms with Crippen molar-refractivity contribution in [3.63, 3.8) is 0 Å². The minimum absolute atomic E-state index is 0.416. The first-order valence-electron chi connectivity index (χ1n) is 8.16. The van der Waals surface area contributed by atoms with Crippen molar-refractivity contribution in [2.45, 2.75) is 46.4 Å². The number of carbonyl (C=O) groups excluding carboxylic acids is 1. The molecule has 0 aromatic rings. The van der Waals surface area contributed by atoms with Crippen LogP contribution in [0.4, 0.5) is 4.79 Å². The lowest BCUT2D eigenvalue weighted by Gasteiger charge is -2.37. The second-order valence-corrected chi connectivity index (χ2v) is 5.60. The number of amidine groups is 1. The number of carbonyl (C=O) groups is 1. The van der Waals surface area contributed by atoms with E-state index in [0.29, 0.717) is 25.6 Å². The molecule has 23 heavy (non-hydrogen) atoms. The molecule has 2 amide bonds. The lowest BCUT2D eigenvalue weighted by Crippen LogP contribution is -2.54. The third-order valence-electron chi connectivity index (χ3n) is 3.67. The van der Waals surface area contributed by atoms with Gasteiger partial charge in [-0.2, -0.15) is 4.99 Å². The summed E-state index contributed by atoms with van der Waals surface area (Å²) in [6.45, 7) is 7.71. The number of rotatable bonds is 9. The summed E-state index contributed by atoms with van der Waals surface area (Å²) >= 11 is 0. The normalized spacial score (nSPS) is 19.7. The molecule has 0 bridgehead atoms. The lowest BCUT2D eigenvalue weighted by atomic mass is 10.1. The monoisotopic (exact) mass is 323 g/mol. The van der Waals surface area contributed by atoms with Gasteiger partial charge in [0.2, 0.25) is 6.35 Å². The molecule has 0 radical (unpaired) electrons. The van der Waals surface area contributed by atoms with Gasteiger partial charge in [0.15, 0.2) is 0 Å². The first-order valence-corrected chi connectivity index (χ1v) is 8.16. The summed E-state index contributed by atoms with van der Waals surface area (Å²) in [5, 5.41) is 10.1. The number of aliphatic hydroxyl groups excluding tert-OH is 1. The highest BCUT2D eigenvalue weighted by atomic mass is 16.5. The van der Waals surface area contributed by atoms with Crippen LogP contribution in [0.5, 0.6) is 0 Å². The summed E-state index contributed by atoms with van der Waals surface area (Å²) < 4.78 is 5.72. The highest BCUT2D eigenvalue weighted by Gasteiger charge is 2.29. The van der Waals surface area contributed by atoms with E-state index in [1.165, 1.54) is 17.5 Å². The van der Waals surface area contributed by atoms with Gasteiger partial charge in [-0.05, 0) is 32.3 Å². The molecule has 0 saturated heterocycles. The summed E-state index contributed by atoms with van der Waals surface area (Å²) in [5.41, 5.74) is 1.28. The highest BCUT2D eigenvalue weighted by molar-refractivity contribution is 5.94. The van der Waals surface area contributed by atoms with E-state index in [1.807, 2.05) is 19.1 Å². The Labute approximate surface area is 139 Å². The summed E-state index contributed by atoms with van der Waals surface area (Å²) in [4.78, 5) is 18.3. The molecule has 1 atom stereocenters. The molecule has 0 aromatic carbocycles. The Morgan fingerprint density at radius 3 is 2.87 bits per heavy atom. The van der Waals surface area contributed by atoms with Crippen LogP contribution in [0.2, 0.25) is 0 Å². The van der Waals surface area contributed by atoms with Gasteiger partial charge in [0.25, 0.3) is 0 Å². The predicted octanol–water partition coefficient (Wildman–Crippen LogP) is 2.76. The second-order valence-electron chi connectivity index (χ2n) is 5.60. The van der Waals surface area contributed by atoms with Crippen molar-refractivity contribution in [2.24, 2.45) is 4.99 Å². The number of hydrogen-bond acceptors (Lipinski definition) is 4. The van der Waals surface area contributed by atoms with Crippen molar-refractivity contribution < 1.29 is 14.6 Å². The fourth-order valence-electron chi connectivity index (χ4n) is 2.33. The van der Waals surface area contributed by atoms with Crippen molar-refractivity contribution in [2.75, 3.05) is 26.8 Å². The van der Waals surface area contributed by atoms with Crippen molar-refractivity contribution in [3.05, 3.63) is 23.8 Å². The predicted molar refractivity (Wildman–Crippen MR) is 92.2 cm³/mol. The zero-order chi connectivity index (χ0) is 17.2. The first-order chi connectivity index (χ1) is 11.0. The highest BCUT2D eigenvalue weighted by Crippen LogP contribution is 2.12. The van der Waals surface area contributed by atoms with Crippen LogP contribution in [0.25, 0.3) is 0 Å². The molecule has 1 aliphatic rings. The van der Waals surface area contributed by atoms with Gasteiger partial charge in [-0.3, -0.25) is 4.90 Å². The van der Waals surface area contributed by atoms with Gasteiger partial charge in [0.1, 0.15) is 5.84 Å². The van der Waals surface area contributed by atoms with Gasteiger partial charge in [0, 0.05) is 20.2 Å². The van der Waals surface area contributed by atoms with Crippen LogP contribution in [-0.4, -0.2) is 59.9 Å². The van der Waals surface area contributed by atoms with Crippen LogP contribution in [-0.2, 0) is 4.74 Å². The molecule has 1 N–H and O–H groups in total. The maximum atomic E-state index is 11.5. The van der Waals surface area contributed by atoms with E-state index in [4.69, 9.17) is 4.74 Å². The van der Waals surface area contributed by atoms with Gasteiger partial charge in [-0.25, -0.2) is 4.79 Å². The number of amides is 2. The topological polar surface area (TPSA) is 65.4 Å². The van der Waals surface area contributed by atoms with E-state index >= 15 is 0 Å². The molecule has 130 valence electrons. The Balaban J connectivity index is 2.37. The number of aliphatic hydroxyl groups is 1. The maximum Gasteiger partial charge on any atom is 0.348 e. The number of allylic oxidation sites excluding steroid dienone is 3. The van der Waals surface area contributed by atoms with E-state index in [0.717, 1.165) is 19.3 Å². The van der Waals surface area contributed by atoms with Crippen molar-refractivity contribution in [3.8, 4) is 0 Å². The SMILES string of the molecule is C/C=C\C=C(/CCC)COCCCN1C(C)=NC(=O)N(C)[C@H]1O. The van der Waals surface area contributed by atoms with Crippen molar-refractivity contribution in [1.82, 2.24) is 9.80 Å². The van der Waals surface area contributed by atoms with Crippen LogP contribution in [0.1, 0.15) is 40.0 Å². The average Bonchev–Trinajstić information content (AvgIpc) is 2.52. The number of hydrogen-bond donors (Lipinski definition) is 1. The van der Waals surface area contributed by atoms with Crippen LogP contribution in [0.15, 0.2) is 28.8 Å². The second kappa shape index (κ2) is 10.2. The minimum atomic E-state index is -0.953. The third-order valence-corrected chi connectivity index (χ3v) is 3.67. The number of ether oxygens (including phenoxy) is 1. The van der Waals surface area contributed by atoms with E-state index < -0.39 is 12.4 Å². The molecule has 6 nitrogen and oxygen atoms in total. The molecule has 0 fully saturated rings. The summed E-state index contributed by atoms with van der Waals surface area (Å²) in [5.74, 6) is 0.542. The molecule has 0 unspecified atom stereocenters. The summed E-state index contributed by atoms with van der Waals surface area (Å²) in [7, 11) is 1.54. The first kappa shape index (κ1) is 19.4. The van der Waals surface area contributed by atoms with Crippen molar-refractivity contribution >= 4 is 11.9 Å². The molecule has 1 rings (SSSR count). The van der Waals surface area contributed by atoms with E-state index in [9.17, 15) is 9.90 Å². The van der Waals surface area contributed by atoms with Gasteiger partial charge in [-0.1, -0.05) is 31.6 Å². The smallest absolute Gasteiger partial charge is 0.348 e. The van der Waals surface area contributed by atoms with Gasteiger partial charge in [-0.15, -0.1) is 0 Å². The van der Waals surface area contributed by atoms with Gasteiger partial charge < -0.3 is 14.7 Å². The molecular weight excluding hydrogens is 294 g/mol. The van der Waals surface area contributed by atoms with E-state index in [2.05, 4.69) is 18.0 Å². The summed E-state index contributed by atoms with van der Waals surface area (Å²) in [6, 6.07) is -0.416. The Kier molecular flexibility index (Phi) is 8.58. The van der Waals surface area contributed by atoms with Crippen LogP contribution < -0.4 is 0 Å². The lowest BCUT2D eigenvalue weighted by molar-refractivity contribution is -0.0506. The Hall–Kier alpha value is -1.66. The van der Waals surface area contributed by atoms with E-state index in [1.54, 1.807) is 11.8 Å². The van der Waals surface area contributed by atoms with Crippen molar-refractivity contribution in [1.29, 1.82) is 0 Å². The number of urea groups is 1. The number of aliphatic imine (C=N–C) groups is 1. The fraction of sp³-hybridized carbons (Fsp3) is 0.647.